The van der Waals surface area contributed by atoms with Crippen molar-refractivity contribution in [2.24, 2.45) is 23.2 Å². The molecule has 2 aromatic rings. The van der Waals surface area contributed by atoms with Crippen LogP contribution in [0, 0.1) is 23.2 Å². The lowest BCUT2D eigenvalue weighted by Gasteiger charge is -2.55. The number of nitrogens with zero attached hydrogens (tertiary/aromatic N) is 1. The van der Waals surface area contributed by atoms with Gasteiger partial charge in [-0.25, -0.2) is 4.98 Å². The number of ether oxygens (including phenoxy) is 2. The van der Waals surface area contributed by atoms with Gasteiger partial charge < -0.3 is 14.8 Å². The fourth-order valence-electron chi connectivity index (χ4n) is 5.96. The van der Waals surface area contributed by atoms with Crippen molar-refractivity contribution in [2.45, 2.75) is 38.5 Å². The monoisotopic (exact) mass is 372 g/mol. The lowest BCUT2D eigenvalue weighted by molar-refractivity contribution is -0.140. The molecule has 4 bridgehead atoms. The van der Waals surface area contributed by atoms with E-state index in [0.717, 1.165) is 53.0 Å². The van der Waals surface area contributed by atoms with Crippen molar-refractivity contribution in [1.29, 1.82) is 0 Å². The average Bonchev–Trinajstić information content (AvgIpc) is 3.03. The minimum absolute atomic E-state index is 0.166. The molecule has 0 saturated heterocycles. The third-order valence-electron chi connectivity index (χ3n) is 6.65. The summed E-state index contributed by atoms with van der Waals surface area (Å²) in [5.74, 6) is 3.89. The van der Waals surface area contributed by atoms with Crippen molar-refractivity contribution in [3.05, 3.63) is 12.1 Å². The van der Waals surface area contributed by atoms with Crippen LogP contribution in [0.2, 0.25) is 0 Å². The van der Waals surface area contributed by atoms with Crippen LogP contribution in [0.3, 0.4) is 0 Å². The van der Waals surface area contributed by atoms with E-state index in [-0.39, 0.29) is 11.3 Å². The predicted octanol–water partition coefficient (Wildman–Crippen LogP) is 4.47. The molecule has 26 heavy (non-hydrogen) atoms. The van der Waals surface area contributed by atoms with Crippen LogP contribution in [0.4, 0.5) is 5.13 Å². The molecule has 1 heterocycles. The summed E-state index contributed by atoms with van der Waals surface area (Å²) in [6, 6.07) is 3.73. The van der Waals surface area contributed by atoms with Crippen LogP contribution in [-0.2, 0) is 4.79 Å². The van der Waals surface area contributed by atoms with Gasteiger partial charge in [-0.2, -0.15) is 0 Å². The second-order valence-electron chi connectivity index (χ2n) is 8.32. The molecule has 6 rings (SSSR count). The molecule has 4 saturated carbocycles. The Balaban J connectivity index is 1.45. The predicted molar refractivity (Wildman–Crippen MR) is 102 cm³/mol. The number of amides is 1. The molecule has 5 nitrogen and oxygen atoms in total. The Bertz CT molecular complexity index is 799. The van der Waals surface area contributed by atoms with Crippen molar-refractivity contribution in [3.8, 4) is 11.5 Å². The molecule has 0 radical (unpaired) electrons. The molecule has 6 heteroatoms. The fourth-order valence-corrected chi connectivity index (χ4v) is 6.93. The van der Waals surface area contributed by atoms with Gasteiger partial charge in [0.25, 0.3) is 0 Å². The highest BCUT2D eigenvalue weighted by atomic mass is 32.1. The first-order valence-electron chi connectivity index (χ1n) is 9.43. The van der Waals surface area contributed by atoms with Crippen LogP contribution in [0.15, 0.2) is 12.1 Å². The van der Waals surface area contributed by atoms with Gasteiger partial charge in [-0.15, -0.1) is 0 Å². The fraction of sp³-hybridized carbons (Fsp3) is 0.600. The molecule has 0 spiro atoms. The molecule has 1 aromatic heterocycles. The van der Waals surface area contributed by atoms with Crippen molar-refractivity contribution in [1.82, 2.24) is 4.98 Å². The molecule has 0 atom stereocenters. The molecular weight excluding hydrogens is 348 g/mol. The van der Waals surface area contributed by atoms with Crippen LogP contribution in [-0.4, -0.2) is 25.1 Å². The Morgan fingerprint density at radius 3 is 2.23 bits per heavy atom. The molecule has 1 aromatic carbocycles. The van der Waals surface area contributed by atoms with Gasteiger partial charge in [0, 0.05) is 0 Å². The maximum Gasteiger partial charge on any atom is 0.232 e. The van der Waals surface area contributed by atoms with E-state index in [0.29, 0.717) is 10.9 Å². The van der Waals surface area contributed by atoms with Crippen LogP contribution in [0.25, 0.3) is 10.2 Å². The number of thiazole rings is 1. The Morgan fingerprint density at radius 2 is 1.65 bits per heavy atom. The standard InChI is InChI=1S/C20H24N2O3S/c1-24-14-3-4-15(25-2)17-16(14)21-19(26-17)22-18(23)20-8-11-5-12(9-20)7-13(6-11)10-20/h3-4,11-13H,5-10H2,1-2H3,(H,21,22,23). The van der Waals surface area contributed by atoms with Gasteiger partial charge >= 0.3 is 0 Å². The van der Waals surface area contributed by atoms with Crippen LogP contribution in [0.5, 0.6) is 11.5 Å². The van der Waals surface area contributed by atoms with Crippen molar-refractivity contribution in [3.63, 3.8) is 0 Å². The van der Waals surface area contributed by atoms with E-state index < -0.39 is 0 Å². The number of carbonyl (C=O) groups is 1. The van der Waals surface area contributed by atoms with Crippen LogP contribution >= 0.6 is 11.3 Å². The van der Waals surface area contributed by atoms with Gasteiger partial charge in [-0.1, -0.05) is 11.3 Å². The van der Waals surface area contributed by atoms with E-state index in [1.165, 1.54) is 30.6 Å². The number of hydrogen-bond donors (Lipinski definition) is 1. The Morgan fingerprint density at radius 1 is 1.08 bits per heavy atom. The Labute approximate surface area is 157 Å². The first-order valence-corrected chi connectivity index (χ1v) is 10.2. The topological polar surface area (TPSA) is 60.5 Å². The Kier molecular flexibility index (Phi) is 3.68. The third kappa shape index (κ3) is 2.42. The molecule has 0 unspecified atom stereocenters. The number of rotatable bonds is 4. The number of nitrogens with one attached hydrogen (secondary N) is 1. The summed E-state index contributed by atoms with van der Waals surface area (Å²) >= 11 is 1.46. The quantitative estimate of drug-likeness (QED) is 0.860. The zero-order valence-corrected chi connectivity index (χ0v) is 16.0. The van der Waals surface area contributed by atoms with Gasteiger partial charge in [0.15, 0.2) is 5.13 Å². The number of aromatic nitrogens is 1. The third-order valence-corrected chi connectivity index (χ3v) is 7.64. The molecule has 1 amide bonds. The zero-order chi connectivity index (χ0) is 17.9. The van der Waals surface area contributed by atoms with E-state index in [9.17, 15) is 4.79 Å². The highest BCUT2D eigenvalue weighted by Crippen LogP contribution is 2.60. The van der Waals surface area contributed by atoms with E-state index in [2.05, 4.69) is 10.3 Å². The summed E-state index contributed by atoms with van der Waals surface area (Å²) < 4.78 is 11.8. The van der Waals surface area contributed by atoms with E-state index in [4.69, 9.17) is 9.47 Å². The number of benzene rings is 1. The molecule has 1 N–H and O–H groups in total. The second kappa shape index (κ2) is 5.84. The number of carbonyl (C=O) groups excluding carboxylic acids is 1. The maximum absolute atomic E-state index is 13.2. The first kappa shape index (κ1) is 16.4. The lowest BCUT2D eigenvalue weighted by atomic mass is 9.49. The first-order chi connectivity index (χ1) is 12.6. The SMILES string of the molecule is COc1ccc(OC)c2sc(NC(=O)C34CC5CC(CC(C5)C3)C4)nc12. The van der Waals surface area contributed by atoms with Crippen LogP contribution in [0.1, 0.15) is 38.5 Å². The molecule has 4 aliphatic carbocycles. The Hall–Kier alpha value is -1.82. The lowest BCUT2D eigenvalue weighted by Crippen LogP contribution is -2.51. The number of fused-ring (bicyclic) bond motifs is 1. The minimum atomic E-state index is -0.166. The van der Waals surface area contributed by atoms with E-state index in [1.54, 1.807) is 14.2 Å². The van der Waals surface area contributed by atoms with Gasteiger partial charge in [-0.05, 0) is 68.4 Å². The summed E-state index contributed by atoms with van der Waals surface area (Å²) in [5, 5.41) is 3.79. The summed E-state index contributed by atoms with van der Waals surface area (Å²) in [5.41, 5.74) is 0.582. The zero-order valence-electron chi connectivity index (χ0n) is 15.2. The van der Waals surface area contributed by atoms with Gasteiger partial charge in [0.1, 0.15) is 21.7 Å². The smallest absolute Gasteiger partial charge is 0.232 e. The summed E-state index contributed by atoms with van der Waals surface area (Å²) in [6.07, 6.45) is 7.18. The summed E-state index contributed by atoms with van der Waals surface area (Å²) in [6.45, 7) is 0. The van der Waals surface area contributed by atoms with E-state index in [1.807, 2.05) is 12.1 Å². The highest BCUT2D eigenvalue weighted by Gasteiger charge is 2.54. The largest absolute Gasteiger partial charge is 0.495 e. The molecule has 0 aliphatic heterocycles. The van der Waals surface area contributed by atoms with Gasteiger partial charge in [0.05, 0.1) is 19.6 Å². The highest BCUT2D eigenvalue weighted by molar-refractivity contribution is 7.22. The molecule has 138 valence electrons. The number of anilines is 1. The van der Waals surface area contributed by atoms with Crippen molar-refractivity contribution in [2.75, 3.05) is 19.5 Å². The number of hydrogen-bond acceptors (Lipinski definition) is 5. The van der Waals surface area contributed by atoms with Gasteiger partial charge in [-0.3, -0.25) is 4.79 Å². The minimum Gasteiger partial charge on any atom is -0.495 e. The summed E-state index contributed by atoms with van der Waals surface area (Å²) in [4.78, 5) is 17.9. The van der Waals surface area contributed by atoms with Crippen molar-refractivity contribution >= 4 is 32.6 Å². The van der Waals surface area contributed by atoms with Crippen molar-refractivity contribution < 1.29 is 14.3 Å². The number of methoxy groups -OCH3 is 2. The van der Waals surface area contributed by atoms with Gasteiger partial charge in [0.2, 0.25) is 5.91 Å². The second-order valence-corrected chi connectivity index (χ2v) is 9.32. The molecular formula is C20H24N2O3S. The maximum atomic E-state index is 13.2. The van der Waals surface area contributed by atoms with E-state index >= 15 is 0 Å². The van der Waals surface area contributed by atoms with Crippen LogP contribution < -0.4 is 14.8 Å². The normalized spacial score (nSPS) is 32.0. The molecule has 4 fully saturated rings. The summed E-state index contributed by atoms with van der Waals surface area (Å²) in [7, 11) is 3.28. The molecule has 4 aliphatic rings. The average molecular weight is 372 g/mol.